The van der Waals surface area contributed by atoms with Gasteiger partial charge in [-0.2, -0.15) is 0 Å². The Kier molecular flexibility index (Phi) is 14.0. The lowest BCUT2D eigenvalue weighted by atomic mass is 9.86. The van der Waals surface area contributed by atoms with Gasteiger partial charge in [0.2, 0.25) is 0 Å². The van der Waals surface area contributed by atoms with Gasteiger partial charge in [-0.05, 0) is 72.6 Å². The number of unbranched alkanes of at least 4 members (excludes halogenated alkanes) is 8. The minimum Gasteiger partial charge on any atom is -0.478 e. The minimum atomic E-state index is -1.02. The van der Waals surface area contributed by atoms with E-state index in [0.29, 0.717) is 17.5 Å². The maximum atomic E-state index is 12.7. The molecule has 0 fully saturated rings. The largest absolute Gasteiger partial charge is 0.516 e. The molecule has 1 N–H and O–H groups in total. The smallest absolute Gasteiger partial charge is 0.478 e. The van der Waals surface area contributed by atoms with Gasteiger partial charge in [-0.15, -0.1) is 0 Å². The highest BCUT2D eigenvalue weighted by Crippen LogP contribution is 2.36. The molecule has 0 saturated heterocycles. The third-order valence-corrected chi connectivity index (χ3v) is 7.74. The maximum Gasteiger partial charge on any atom is 0.516 e. The molecule has 0 aliphatic rings. The van der Waals surface area contributed by atoms with Gasteiger partial charge in [0, 0.05) is 0 Å². The number of carboxylic acids is 1. The Balaban J connectivity index is 1.79. The molecule has 0 aromatic heterocycles. The zero-order valence-electron chi connectivity index (χ0n) is 25.9. The van der Waals surface area contributed by atoms with E-state index >= 15 is 0 Å². The van der Waals surface area contributed by atoms with E-state index in [-0.39, 0.29) is 17.2 Å². The third-order valence-electron chi connectivity index (χ3n) is 7.74. The van der Waals surface area contributed by atoms with Crippen molar-refractivity contribution in [3.8, 4) is 22.3 Å². The van der Waals surface area contributed by atoms with E-state index in [1.165, 1.54) is 37.8 Å². The summed E-state index contributed by atoms with van der Waals surface area (Å²) in [4.78, 5) is 37.5. The fourth-order valence-corrected chi connectivity index (χ4v) is 5.37. The Morgan fingerprint density at radius 2 is 1.35 bits per heavy atom. The molecule has 1 unspecified atom stereocenters. The van der Waals surface area contributed by atoms with Crippen LogP contribution in [0.1, 0.15) is 118 Å². The second-order valence-electron chi connectivity index (χ2n) is 11.2. The van der Waals surface area contributed by atoms with Crippen LogP contribution in [0.3, 0.4) is 0 Å². The van der Waals surface area contributed by atoms with Crippen molar-refractivity contribution in [2.75, 3.05) is 0 Å². The molecule has 0 amide bonds. The number of carbonyl (C=O) groups excluding carboxylic acids is 2. The Morgan fingerprint density at radius 1 is 0.721 bits per heavy atom. The molecule has 0 spiro atoms. The molecule has 230 valence electrons. The molecule has 6 heteroatoms. The molecule has 0 aliphatic carbocycles. The average Bonchev–Trinajstić information content (AvgIpc) is 3.01. The van der Waals surface area contributed by atoms with Crippen molar-refractivity contribution in [1.82, 2.24) is 0 Å². The normalized spacial score (nSPS) is 11.6. The molecule has 0 aliphatic heterocycles. The molecule has 0 radical (unpaired) electrons. The van der Waals surface area contributed by atoms with E-state index in [9.17, 15) is 19.5 Å². The van der Waals surface area contributed by atoms with Crippen molar-refractivity contribution in [2.24, 2.45) is 0 Å². The van der Waals surface area contributed by atoms with Crippen molar-refractivity contribution in [2.45, 2.75) is 104 Å². The molecule has 3 aromatic carbocycles. The third kappa shape index (κ3) is 10.4. The topological polar surface area (TPSA) is 89.9 Å². The summed E-state index contributed by atoms with van der Waals surface area (Å²) in [6, 6.07) is 20.0. The van der Waals surface area contributed by atoms with E-state index < -0.39 is 18.1 Å². The Morgan fingerprint density at radius 3 is 2.00 bits per heavy atom. The zero-order chi connectivity index (χ0) is 31.0. The molecule has 0 saturated carbocycles. The highest BCUT2D eigenvalue weighted by molar-refractivity contribution is 6.04. The van der Waals surface area contributed by atoms with Gasteiger partial charge < -0.3 is 14.6 Å². The molecule has 1 atom stereocenters. The summed E-state index contributed by atoms with van der Waals surface area (Å²) < 4.78 is 10.1. The van der Waals surface area contributed by atoms with Crippen LogP contribution in [0.25, 0.3) is 22.3 Å². The van der Waals surface area contributed by atoms with Gasteiger partial charge in [-0.3, -0.25) is 0 Å². The first-order valence-electron chi connectivity index (χ1n) is 15.8. The number of carbonyl (C=O) groups is 3. The summed E-state index contributed by atoms with van der Waals surface area (Å²) in [6.07, 6.45) is 11.4. The molecular formula is C37H46O6. The van der Waals surface area contributed by atoms with Crippen LogP contribution >= 0.6 is 0 Å². The van der Waals surface area contributed by atoms with Crippen LogP contribution in [-0.4, -0.2) is 29.3 Å². The quantitative estimate of drug-likeness (QED) is 0.0961. The minimum absolute atomic E-state index is 0.177. The van der Waals surface area contributed by atoms with Gasteiger partial charge >= 0.3 is 18.1 Å². The van der Waals surface area contributed by atoms with Crippen LogP contribution in [0.5, 0.6) is 0 Å². The number of rotatable bonds is 17. The molecule has 3 aromatic rings. The lowest BCUT2D eigenvalue weighted by Gasteiger charge is -2.18. The van der Waals surface area contributed by atoms with Gasteiger partial charge in [0.15, 0.2) is 0 Å². The first-order chi connectivity index (χ1) is 20.8. The summed E-state index contributed by atoms with van der Waals surface area (Å²) >= 11 is 0. The van der Waals surface area contributed by atoms with Crippen molar-refractivity contribution < 1.29 is 29.0 Å². The average molecular weight is 587 g/mol. The summed E-state index contributed by atoms with van der Waals surface area (Å²) in [5, 5.41) is 10.4. The van der Waals surface area contributed by atoms with E-state index in [1.807, 2.05) is 42.5 Å². The van der Waals surface area contributed by atoms with E-state index in [2.05, 4.69) is 13.8 Å². The van der Waals surface area contributed by atoms with Crippen molar-refractivity contribution in [3.05, 3.63) is 83.4 Å². The Labute approximate surface area is 256 Å². The Hall–Kier alpha value is -3.93. The number of hydrogen-bond donors (Lipinski definition) is 1. The summed E-state index contributed by atoms with van der Waals surface area (Å²) in [5.74, 6) is -1.82. The number of ether oxygens (including phenoxy) is 2. The first kappa shape index (κ1) is 33.6. The standard InChI is InChI=1S/C37H46O6/c1-4-6-8-10-11-14-20-30-25-26-32(34(35(38)39)33(30)29-18-15-12-16-19-29)28-21-23-31(24-22-28)36(40)43-37(41)42-27(3)17-13-9-7-5-2/h12,15-16,18-19,21-27H,4-11,13-14,17,20H2,1-3H3,(H,38,39). The van der Waals surface area contributed by atoms with E-state index in [1.54, 1.807) is 19.1 Å². The Bertz CT molecular complexity index is 1310. The molecular weight excluding hydrogens is 540 g/mol. The fourth-order valence-electron chi connectivity index (χ4n) is 5.37. The second-order valence-corrected chi connectivity index (χ2v) is 11.2. The number of esters is 1. The van der Waals surface area contributed by atoms with Crippen LogP contribution < -0.4 is 0 Å². The number of carboxylic acid groups (broad SMARTS) is 1. The predicted octanol–water partition coefficient (Wildman–Crippen LogP) is 10.3. The van der Waals surface area contributed by atoms with Gasteiger partial charge in [0.05, 0.1) is 11.1 Å². The second kappa shape index (κ2) is 17.9. The number of benzene rings is 3. The van der Waals surface area contributed by atoms with Crippen LogP contribution in [0.4, 0.5) is 4.79 Å². The summed E-state index contributed by atoms with van der Waals surface area (Å²) in [6.45, 7) is 6.12. The van der Waals surface area contributed by atoms with Crippen molar-refractivity contribution in [1.29, 1.82) is 0 Å². The molecule has 0 bridgehead atoms. The lowest BCUT2D eigenvalue weighted by Crippen LogP contribution is -2.19. The van der Waals surface area contributed by atoms with Crippen molar-refractivity contribution in [3.63, 3.8) is 0 Å². The van der Waals surface area contributed by atoms with Crippen LogP contribution in [-0.2, 0) is 15.9 Å². The monoisotopic (exact) mass is 586 g/mol. The van der Waals surface area contributed by atoms with Crippen LogP contribution in [0, 0.1) is 0 Å². The number of aryl methyl sites for hydroxylation is 1. The summed E-state index contributed by atoms with van der Waals surface area (Å²) in [5.41, 5.74) is 4.24. The van der Waals surface area contributed by atoms with Gasteiger partial charge in [-0.25, -0.2) is 14.4 Å². The molecule has 3 rings (SSSR count). The van der Waals surface area contributed by atoms with Gasteiger partial charge in [-0.1, -0.05) is 120 Å². The van der Waals surface area contributed by atoms with Crippen molar-refractivity contribution >= 4 is 18.1 Å². The lowest BCUT2D eigenvalue weighted by molar-refractivity contribution is 0.0231. The SMILES string of the molecule is CCCCCCCCc1ccc(-c2ccc(C(=O)OC(=O)OC(C)CCCCCC)cc2)c(C(=O)O)c1-c1ccccc1. The van der Waals surface area contributed by atoms with Crippen LogP contribution in [0.15, 0.2) is 66.7 Å². The fraction of sp³-hybridized carbons (Fsp3) is 0.432. The van der Waals surface area contributed by atoms with Crippen LogP contribution in [0.2, 0.25) is 0 Å². The predicted molar refractivity (Wildman–Crippen MR) is 171 cm³/mol. The molecule has 43 heavy (non-hydrogen) atoms. The molecule has 6 nitrogen and oxygen atoms in total. The maximum absolute atomic E-state index is 12.7. The first-order valence-corrected chi connectivity index (χ1v) is 15.8. The number of hydrogen-bond acceptors (Lipinski definition) is 5. The zero-order valence-corrected chi connectivity index (χ0v) is 25.9. The molecule has 0 heterocycles. The highest BCUT2D eigenvalue weighted by Gasteiger charge is 2.22. The van der Waals surface area contributed by atoms with Gasteiger partial charge in [0.1, 0.15) is 6.10 Å². The van der Waals surface area contributed by atoms with E-state index in [0.717, 1.165) is 61.6 Å². The highest BCUT2D eigenvalue weighted by atomic mass is 16.7. The van der Waals surface area contributed by atoms with Gasteiger partial charge in [0.25, 0.3) is 0 Å². The summed E-state index contributed by atoms with van der Waals surface area (Å²) in [7, 11) is 0. The number of aromatic carboxylic acids is 1. The van der Waals surface area contributed by atoms with E-state index in [4.69, 9.17) is 9.47 Å².